The fourth-order valence-electron chi connectivity index (χ4n) is 4.94. The molecule has 3 rings (SSSR count). The van der Waals surface area contributed by atoms with Gasteiger partial charge in [-0.25, -0.2) is 4.79 Å². The molecule has 2 aromatic rings. The number of nitrogens with two attached hydrogens (primary N) is 1. The van der Waals surface area contributed by atoms with Crippen molar-refractivity contribution < 1.29 is 23.9 Å². The lowest BCUT2D eigenvalue weighted by Gasteiger charge is -2.20. The molecule has 2 aromatic carbocycles. The molecule has 0 heterocycles. The van der Waals surface area contributed by atoms with E-state index in [2.05, 4.69) is 40.2 Å². The summed E-state index contributed by atoms with van der Waals surface area (Å²) in [6, 6.07) is 14.0. The molecule has 0 radical (unpaired) electrons. The summed E-state index contributed by atoms with van der Waals surface area (Å²) in [7, 11) is 0. The maximum Gasteiger partial charge on any atom is 0.413 e. The SMILES string of the molecule is CC(C)(C)OC(=O)NC(=S)NCCCCCCNC(=O)C(N)CCCCC(=O)OCc1cccc2c1Cc1ccccc1-2. The molecular weight excluding hydrogens is 564 g/mol. The average molecular weight is 611 g/mol. The number of carbonyl (C=O) groups is 3. The van der Waals surface area contributed by atoms with Crippen molar-refractivity contribution in [2.45, 2.75) is 96.8 Å². The minimum Gasteiger partial charge on any atom is -0.461 e. The van der Waals surface area contributed by atoms with E-state index >= 15 is 0 Å². The lowest BCUT2D eigenvalue weighted by atomic mass is 10.0. The molecule has 0 bridgehead atoms. The number of benzene rings is 2. The fraction of sp³-hybridized carbons (Fsp3) is 0.515. The van der Waals surface area contributed by atoms with E-state index in [0.29, 0.717) is 38.8 Å². The van der Waals surface area contributed by atoms with Gasteiger partial charge in [-0.2, -0.15) is 0 Å². The first-order chi connectivity index (χ1) is 20.5. The average Bonchev–Trinajstić information content (AvgIpc) is 3.33. The van der Waals surface area contributed by atoms with Crippen LogP contribution in [0.25, 0.3) is 11.1 Å². The van der Waals surface area contributed by atoms with Gasteiger partial charge in [-0.3, -0.25) is 14.9 Å². The van der Waals surface area contributed by atoms with Gasteiger partial charge in [0.2, 0.25) is 5.91 Å². The molecule has 1 aliphatic carbocycles. The summed E-state index contributed by atoms with van der Waals surface area (Å²) in [6.45, 7) is 6.85. The third-order valence-corrected chi connectivity index (χ3v) is 7.37. The molecule has 0 saturated carbocycles. The second-order valence-electron chi connectivity index (χ2n) is 11.9. The minimum atomic E-state index is -0.591. The van der Waals surface area contributed by atoms with Crippen LogP contribution in [0, 0.1) is 0 Å². The Hall–Kier alpha value is -3.50. The van der Waals surface area contributed by atoms with Crippen molar-refractivity contribution in [3.8, 4) is 11.1 Å². The number of unbranched alkanes of at least 4 members (excludes halogenated alkanes) is 4. The Morgan fingerprint density at radius 2 is 1.60 bits per heavy atom. The van der Waals surface area contributed by atoms with E-state index in [-0.39, 0.29) is 23.6 Å². The van der Waals surface area contributed by atoms with Crippen LogP contribution in [0.5, 0.6) is 0 Å². The summed E-state index contributed by atoms with van der Waals surface area (Å²) in [5.41, 5.74) is 11.5. The van der Waals surface area contributed by atoms with Crippen LogP contribution < -0.4 is 21.7 Å². The zero-order valence-corrected chi connectivity index (χ0v) is 26.4. The van der Waals surface area contributed by atoms with Crippen LogP contribution in [0.4, 0.5) is 4.79 Å². The van der Waals surface area contributed by atoms with Gasteiger partial charge < -0.3 is 25.8 Å². The highest BCUT2D eigenvalue weighted by atomic mass is 32.1. The lowest BCUT2D eigenvalue weighted by Crippen LogP contribution is -2.42. The molecule has 0 fully saturated rings. The maximum absolute atomic E-state index is 12.3. The van der Waals surface area contributed by atoms with Gasteiger partial charge in [-0.15, -0.1) is 0 Å². The van der Waals surface area contributed by atoms with Crippen molar-refractivity contribution in [2.75, 3.05) is 13.1 Å². The predicted molar refractivity (Wildman–Crippen MR) is 172 cm³/mol. The van der Waals surface area contributed by atoms with Crippen molar-refractivity contribution in [1.82, 2.24) is 16.0 Å². The monoisotopic (exact) mass is 610 g/mol. The Kier molecular flexibility index (Phi) is 13.4. The van der Waals surface area contributed by atoms with Gasteiger partial charge >= 0.3 is 12.1 Å². The number of fused-ring (bicyclic) bond motifs is 3. The molecule has 0 spiro atoms. The number of hydrogen-bond donors (Lipinski definition) is 4. The van der Waals surface area contributed by atoms with Gasteiger partial charge in [0.25, 0.3) is 0 Å². The topological polar surface area (TPSA) is 132 Å². The van der Waals surface area contributed by atoms with E-state index in [9.17, 15) is 14.4 Å². The summed E-state index contributed by atoms with van der Waals surface area (Å²) >= 11 is 5.09. The highest BCUT2D eigenvalue weighted by Gasteiger charge is 2.21. The second-order valence-corrected chi connectivity index (χ2v) is 12.3. The van der Waals surface area contributed by atoms with Crippen molar-refractivity contribution in [2.24, 2.45) is 5.73 Å². The smallest absolute Gasteiger partial charge is 0.413 e. The molecule has 0 aromatic heterocycles. The zero-order valence-electron chi connectivity index (χ0n) is 25.6. The first-order valence-electron chi connectivity index (χ1n) is 15.2. The Labute approximate surface area is 260 Å². The molecule has 9 nitrogen and oxygen atoms in total. The third-order valence-electron chi connectivity index (χ3n) is 7.12. The van der Waals surface area contributed by atoms with Crippen LogP contribution in [0.3, 0.4) is 0 Å². The van der Waals surface area contributed by atoms with Crippen molar-refractivity contribution in [3.05, 3.63) is 59.2 Å². The number of nitrogens with one attached hydrogen (secondary N) is 3. The van der Waals surface area contributed by atoms with Gasteiger partial charge in [0.1, 0.15) is 12.2 Å². The van der Waals surface area contributed by atoms with Crippen LogP contribution in [0.2, 0.25) is 0 Å². The summed E-state index contributed by atoms with van der Waals surface area (Å²) in [5, 5.41) is 8.62. The summed E-state index contributed by atoms with van der Waals surface area (Å²) < 4.78 is 10.7. The molecule has 0 saturated heterocycles. The second kappa shape index (κ2) is 17.0. The highest BCUT2D eigenvalue weighted by molar-refractivity contribution is 7.80. The lowest BCUT2D eigenvalue weighted by molar-refractivity contribution is -0.145. The van der Waals surface area contributed by atoms with E-state index < -0.39 is 17.7 Å². The highest BCUT2D eigenvalue weighted by Crippen LogP contribution is 2.38. The van der Waals surface area contributed by atoms with Crippen LogP contribution in [0.1, 0.15) is 88.8 Å². The van der Waals surface area contributed by atoms with Gasteiger partial charge in [0.15, 0.2) is 5.11 Å². The van der Waals surface area contributed by atoms with E-state index in [4.69, 9.17) is 27.4 Å². The van der Waals surface area contributed by atoms with E-state index in [1.165, 1.54) is 22.3 Å². The van der Waals surface area contributed by atoms with E-state index in [1.54, 1.807) is 20.8 Å². The van der Waals surface area contributed by atoms with Crippen molar-refractivity contribution >= 4 is 35.3 Å². The minimum absolute atomic E-state index is 0.165. The third kappa shape index (κ3) is 12.0. The summed E-state index contributed by atoms with van der Waals surface area (Å²) in [4.78, 5) is 36.3. The Balaban J connectivity index is 1.18. The maximum atomic E-state index is 12.3. The molecule has 0 aliphatic heterocycles. The molecule has 234 valence electrons. The van der Waals surface area contributed by atoms with Crippen molar-refractivity contribution in [1.29, 1.82) is 0 Å². The Morgan fingerprint density at radius 1 is 0.907 bits per heavy atom. The van der Waals surface area contributed by atoms with Crippen LogP contribution >= 0.6 is 12.2 Å². The molecule has 1 atom stereocenters. The molecule has 1 unspecified atom stereocenters. The number of rotatable bonds is 15. The molecule has 1 aliphatic rings. The van der Waals surface area contributed by atoms with E-state index in [0.717, 1.165) is 37.7 Å². The van der Waals surface area contributed by atoms with Crippen molar-refractivity contribution in [3.63, 3.8) is 0 Å². The molecular formula is C33H46N4O5S. The van der Waals surface area contributed by atoms with E-state index in [1.807, 2.05) is 18.2 Å². The van der Waals surface area contributed by atoms with Gasteiger partial charge in [-0.1, -0.05) is 61.7 Å². The quantitative estimate of drug-likeness (QED) is 0.104. The normalized spacial score (nSPS) is 12.5. The standard InChI is InChI=1S/C33H46N4O5S/c1-33(2,3)42-32(40)37-31(43)36-20-11-5-4-10-19-35-30(39)28(34)17-8-9-18-29(38)41-22-24-14-12-16-26-25-15-7-6-13-23(25)21-27(24)26/h6-7,12-16,28H,4-5,8-11,17-22,34H2,1-3H3,(H,35,39)(H2,36,37,40,43). The number of amides is 2. The van der Waals surface area contributed by atoms with Crippen LogP contribution in [-0.2, 0) is 32.1 Å². The summed E-state index contributed by atoms with van der Waals surface area (Å²) in [5.74, 6) is -0.399. The number of thiocarbonyl (C=S) groups is 1. The number of ether oxygens (including phenoxy) is 2. The first-order valence-corrected chi connectivity index (χ1v) is 15.6. The number of hydrogen-bond acceptors (Lipinski definition) is 7. The molecule has 2 amide bonds. The number of esters is 1. The molecule has 10 heteroatoms. The summed E-state index contributed by atoms with van der Waals surface area (Å²) in [6.07, 6.45) is 6.06. The van der Waals surface area contributed by atoms with Gasteiger partial charge in [0.05, 0.1) is 6.04 Å². The first kappa shape index (κ1) is 34.0. The number of carbonyl (C=O) groups excluding carboxylic acids is 3. The largest absolute Gasteiger partial charge is 0.461 e. The Morgan fingerprint density at radius 3 is 2.35 bits per heavy atom. The zero-order chi connectivity index (χ0) is 31.2. The molecule has 43 heavy (non-hydrogen) atoms. The van der Waals surface area contributed by atoms with Crippen LogP contribution in [0.15, 0.2) is 42.5 Å². The Bertz CT molecular complexity index is 1260. The fourth-order valence-corrected chi connectivity index (χ4v) is 5.13. The number of alkyl carbamates (subject to hydrolysis) is 1. The van der Waals surface area contributed by atoms with Crippen LogP contribution in [-0.4, -0.2) is 47.8 Å². The predicted octanol–water partition coefficient (Wildman–Crippen LogP) is 5.26. The van der Waals surface area contributed by atoms with Gasteiger partial charge in [0, 0.05) is 19.5 Å². The molecule has 5 N–H and O–H groups in total. The van der Waals surface area contributed by atoms with Gasteiger partial charge in [-0.05, 0) is 92.9 Å².